The number of para-hydroxylation sites is 1. The summed E-state index contributed by atoms with van der Waals surface area (Å²) in [6.07, 6.45) is 2.34. The average molecular weight is 269 g/mol. The quantitative estimate of drug-likeness (QED) is 0.780. The number of halogens is 1. The summed E-state index contributed by atoms with van der Waals surface area (Å²) in [7, 11) is 1.64. The first-order valence-corrected chi connectivity index (χ1v) is 6.59. The van der Waals surface area contributed by atoms with Gasteiger partial charge in [0.15, 0.2) is 6.30 Å². The molecule has 1 unspecified atom stereocenters. The van der Waals surface area contributed by atoms with Gasteiger partial charge in [0.1, 0.15) is 5.75 Å². The van der Waals surface area contributed by atoms with Crippen LogP contribution in [0.15, 0.2) is 54.6 Å². The molecule has 2 aromatic carbocycles. The van der Waals surface area contributed by atoms with Gasteiger partial charge in [0.05, 0.1) is 7.11 Å². The van der Waals surface area contributed by atoms with Gasteiger partial charge in [-0.05, 0) is 35.4 Å². The molecule has 0 radical (unpaired) electrons. The molecule has 0 aliphatic carbocycles. The Morgan fingerprint density at radius 3 is 2.60 bits per heavy atom. The molecule has 3 heteroatoms. The smallest absolute Gasteiger partial charge is 0.192 e. The number of alkyl halides is 1. The highest BCUT2D eigenvalue weighted by atomic mass is 19.1. The number of nitrogens with zero attached hydrogens (tertiary/aromatic N) is 1. The molecule has 20 heavy (non-hydrogen) atoms. The highest BCUT2D eigenvalue weighted by molar-refractivity contribution is 5.71. The van der Waals surface area contributed by atoms with E-state index in [1.807, 2.05) is 54.6 Å². The summed E-state index contributed by atoms with van der Waals surface area (Å²) < 4.78 is 19.3. The lowest BCUT2D eigenvalue weighted by Crippen LogP contribution is -2.32. The molecule has 0 bridgehead atoms. The number of fused-ring (bicyclic) bond motifs is 1. The van der Waals surface area contributed by atoms with Crippen LogP contribution in [0.5, 0.6) is 5.75 Å². The maximum atomic E-state index is 14.2. The lowest BCUT2D eigenvalue weighted by Gasteiger charge is -2.31. The van der Waals surface area contributed by atoms with Gasteiger partial charge < -0.3 is 9.64 Å². The molecule has 102 valence electrons. The van der Waals surface area contributed by atoms with Gasteiger partial charge in [-0.1, -0.05) is 36.4 Å². The van der Waals surface area contributed by atoms with Gasteiger partial charge in [0.2, 0.25) is 0 Å². The fourth-order valence-electron chi connectivity index (χ4n) is 2.41. The van der Waals surface area contributed by atoms with E-state index in [1.165, 1.54) is 0 Å². The Balaban J connectivity index is 1.87. The zero-order valence-corrected chi connectivity index (χ0v) is 11.3. The predicted octanol–water partition coefficient (Wildman–Crippen LogP) is 4.02. The van der Waals surface area contributed by atoms with Crippen LogP contribution in [0.2, 0.25) is 0 Å². The van der Waals surface area contributed by atoms with E-state index in [-0.39, 0.29) is 0 Å². The lowest BCUT2D eigenvalue weighted by molar-refractivity contribution is 0.378. The Hall–Kier alpha value is -2.29. The molecule has 1 heterocycles. The van der Waals surface area contributed by atoms with Gasteiger partial charge >= 0.3 is 0 Å². The maximum absolute atomic E-state index is 14.2. The van der Waals surface area contributed by atoms with Gasteiger partial charge in [-0.2, -0.15) is 0 Å². The van der Waals surface area contributed by atoms with Crippen molar-refractivity contribution in [3.63, 3.8) is 0 Å². The van der Waals surface area contributed by atoms with Crippen molar-refractivity contribution >= 4 is 11.8 Å². The van der Waals surface area contributed by atoms with Crippen LogP contribution in [-0.4, -0.2) is 13.4 Å². The van der Waals surface area contributed by atoms with Crippen LogP contribution in [0, 0.1) is 0 Å². The number of hydrogen-bond donors (Lipinski definition) is 0. The maximum Gasteiger partial charge on any atom is 0.192 e. The molecular formula is C17H16FNO. The molecule has 0 amide bonds. The van der Waals surface area contributed by atoms with Crippen molar-refractivity contribution in [1.82, 2.24) is 0 Å². The third-order valence-electron chi connectivity index (χ3n) is 3.49. The van der Waals surface area contributed by atoms with E-state index in [9.17, 15) is 4.39 Å². The van der Waals surface area contributed by atoms with E-state index in [0.717, 1.165) is 22.6 Å². The molecule has 0 spiro atoms. The fraction of sp³-hybridized carbons (Fsp3) is 0.176. The number of anilines is 1. The summed E-state index contributed by atoms with van der Waals surface area (Å²) in [6.45, 7) is 0.534. The standard InChI is InChI=1S/C17H16FNO/c1-20-15-9-6-13(7-10-15)12-19-16-5-3-2-4-14(16)8-11-17(19)18/h2-11,17H,12H2,1H3. The van der Waals surface area contributed by atoms with E-state index in [1.54, 1.807) is 18.1 Å². The van der Waals surface area contributed by atoms with Crippen molar-refractivity contribution < 1.29 is 9.13 Å². The van der Waals surface area contributed by atoms with Crippen molar-refractivity contribution in [3.05, 3.63) is 65.7 Å². The Morgan fingerprint density at radius 1 is 1.10 bits per heavy atom. The summed E-state index contributed by atoms with van der Waals surface area (Å²) in [5.74, 6) is 0.810. The van der Waals surface area contributed by atoms with Crippen LogP contribution in [0.25, 0.3) is 6.08 Å². The van der Waals surface area contributed by atoms with E-state index in [0.29, 0.717) is 6.54 Å². The molecule has 2 nitrogen and oxygen atoms in total. The van der Waals surface area contributed by atoms with Gasteiger partial charge in [0, 0.05) is 12.2 Å². The van der Waals surface area contributed by atoms with E-state index >= 15 is 0 Å². The number of rotatable bonds is 3. The second kappa shape index (κ2) is 5.37. The van der Waals surface area contributed by atoms with Crippen molar-refractivity contribution in [1.29, 1.82) is 0 Å². The van der Waals surface area contributed by atoms with Crippen LogP contribution < -0.4 is 9.64 Å². The van der Waals surface area contributed by atoms with Crippen LogP contribution in [0.4, 0.5) is 10.1 Å². The zero-order chi connectivity index (χ0) is 13.9. The second-order valence-corrected chi connectivity index (χ2v) is 4.77. The summed E-state index contributed by atoms with van der Waals surface area (Å²) in [6, 6.07) is 15.6. The van der Waals surface area contributed by atoms with Crippen LogP contribution in [0.1, 0.15) is 11.1 Å². The molecule has 0 aromatic heterocycles. The first-order chi connectivity index (χ1) is 9.78. The molecule has 3 rings (SSSR count). The zero-order valence-electron chi connectivity index (χ0n) is 11.3. The Kier molecular flexibility index (Phi) is 3.42. The van der Waals surface area contributed by atoms with Crippen LogP contribution in [-0.2, 0) is 6.54 Å². The monoisotopic (exact) mass is 269 g/mol. The minimum Gasteiger partial charge on any atom is -0.497 e. The Morgan fingerprint density at radius 2 is 1.85 bits per heavy atom. The first kappa shape index (κ1) is 12.7. The molecule has 1 atom stereocenters. The average Bonchev–Trinajstić information content (AvgIpc) is 2.51. The minimum atomic E-state index is -1.09. The highest BCUT2D eigenvalue weighted by Crippen LogP contribution is 2.30. The highest BCUT2D eigenvalue weighted by Gasteiger charge is 2.21. The number of methoxy groups -OCH3 is 1. The molecule has 0 fully saturated rings. The Bertz CT molecular complexity index is 621. The summed E-state index contributed by atoms with van der Waals surface area (Å²) >= 11 is 0. The van der Waals surface area contributed by atoms with Gasteiger partial charge in [0.25, 0.3) is 0 Å². The van der Waals surface area contributed by atoms with Crippen molar-refractivity contribution in [3.8, 4) is 5.75 Å². The molecule has 1 aliphatic rings. The largest absolute Gasteiger partial charge is 0.497 e. The van der Waals surface area contributed by atoms with E-state index < -0.39 is 6.30 Å². The second-order valence-electron chi connectivity index (χ2n) is 4.77. The minimum absolute atomic E-state index is 0.534. The summed E-state index contributed by atoms with van der Waals surface area (Å²) in [5, 5.41) is 0. The normalized spacial score (nSPS) is 16.9. The summed E-state index contributed by atoms with van der Waals surface area (Å²) in [4.78, 5) is 1.76. The van der Waals surface area contributed by atoms with Gasteiger partial charge in [-0.25, -0.2) is 4.39 Å². The van der Waals surface area contributed by atoms with Gasteiger partial charge in [-0.15, -0.1) is 0 Å². The topological polar surface area (TPSA) is 12.5 Å². The van der Waals surface area contributed by atoms with E-state index in [2.05, 4.69) is 0 Å². The number of benzene rings is 2. The third kappa shape index (κ3) is 2.39. The summed E-state index contributed by atoms with van der Waals surface area (Å²) in [5.41, 5.74) is 3.03. The molecule has 0 saturated heterocycles. The SMILES string of the molecule is COc1ccc(CN2c3ccccc3C=CC2F)cc1. The molecule has 2 aromatic rings. The number of ether oxygens (including phenoxy) is 1. The third-order valence-corrected chi connectivity index (χ3v) is 3.49. The molecule has 0 N–H and O–H groups in total. The lowest BCUT2D eigenvalue weighted by atomic mass is 10.1. The van der Waals surface area contributed by atoms with E-state index in [4.69, 9.17) is 4.74 Å². The van der Waals surface area contributed by atoms with Crippen LogP contribution in [0.3, 0.4) is 0 Å². The predicted molar refractivity (Wildman–Crippen MR) is 79.5 cm³/mol. The van der Waals surface area contributed by atoms with Gasteiger partial charge in [-0.3, -0.25) is 0 Å². The van der Waals surface area contributed by atoms with Crippen molar-refractivity contribution in [2.45, 2.75) is 12.8 Å². The molecule has 1 aliphatic heterocycles. The molecule has 0 saturated carbocycles. The van der Waals surface area contributed by atoms with Crippen molar-refractivity contribution in [2.24, 2.45) is 0 Å². The van der Waals surface area contributed by atoms with Crippen LogP contribution >= 0.6 is 0 Å². The first-order valence-electron chi connectivity index (χ1n) is 6.59. The Labute approximate surface area is 118 Å². The number of hydrogen-bond acceptors (Lipinski definition) is 2. The van der Waals surface area contributed by atoms with Crippen molar-refractivity contribution in [2.75, 3.05) is 12.0 Å². The fourth-order valence-corrected chi connectivity index (χ4v) is 2.41. The molecular weight excluding hydrogens is 253 g/mol.